The molecule has 1 aliphatic carbocycles. The first kappa shape index (κ1) is 12.3. The Balaban J connectivity index is 1.97. The monoisotopic (exact) mass is 247 g/mol. The van der Waals surface area contributed by atoms with E-state index in [1.807, 2.05) is 0 Å². The zero-order valence-corrected chi connectivity index (χ0v) is 10.5. The molecule has 94 valence electrons. The van der Waals surface area contributed by atoms with Crippen LogP contribution in [0.15, 0.2) is 0 Å². The van der Waals surface area contributed by atoms with Crippen molar-refractivity contribution in [3.63, 3.8) is 0 Å². The number of hydrogen-bond donors (Lipinski definition) is 1. The summed E-state index contributed by atoms with van der Waals surface area (Å²) in [5, 5.41) is 9.85. The molecule has 4 nitrogen and oxygen atoms in total. The van der Waals surface area contributed by atoms with Crippen LogP contribution in [-0.4, -0.2) is 42.8 Å². The van der Waals surface area contributed by atoms with E-state index in [2.05, 4.69) is 0 Å². The van der Waals surface area contributed by atoms with Crippen molar-refractivity contribution in [1.29, 1.82) is 0 Å². The van der Waals surface area contributed by atoms with Crippen LogP contribution in [0.1, 0.15) is 38.5 Å². The summed E-state index contributed by atoms with van der Waals surface area (Å²) >= 11 is 0. The van der Waals surface area contributed by atoms with E-state index >= 15 is 0 Å². The van der Waals surface area contributed by atoms with Gasteiger partial charge in [0.2, 0.25) is 10.0 Å². The Bertz CT molecular complexity index is 328. The molecule has 0 amide bonds. The van der Waals surface area contributed by atoms with Gasteiger partial charge in [0.15, 0.2) is 0 Å². The van der Waals surface area contributed by atoms with Crippen LogP contribution >= 0.6 is 0 Å². The fourth-order valence-corrected chi connectivity index (χ4v) is 4.36. The molecule has 1 aliphatic heterocycles. The van der Waals surface area contributed by atoms with Crippen LogP contribution in [0.3, 0.4) is 0 Å². The predicted octanol–water partition coefficient (Wildman–Crippen LogP) is 0.963. The number of rotatable bonds is 2. The van der Waals surface area contributed by atoms with E-state index < -0.39 is 10.0 Å². The van der Waals surface area contributed by atoms with Gasteiger partial charge >= 0.3 is 0 Å². The number of sulfonamides is 1. The van der Waals surface area contributed by atoms with Crippen molar-refractivity contribution in [1.82, 2.24) is 4.31 Å². The summed E-state index contributed by atoms with van der Waals surface area (Å²) in [6, 6.07) is 0. The lowest BCUT2D eigenvalue weighted by Crippen LogP contribution is -2.43. The summed E-state index contributed by atoms with van der Waals surface area (Å²) in [4.78, 5) is 0. The molecule has 2 unspecified atom stereocenters. The van der Waals surface area contributed by atoms with Crippen molar-refractivity contribution in [2.45, 2.75) is 44.6 Å². The fraction of sp³-hybridized carbons (Fsp3) is 1.00. The second-order valence-corrected chi connectivity index (χ2v) is 7.08. The average Bonchev–Trinajstić information content (AvgIpc) is 2.24. The van der Waals surface area contributed by atoms with E-state index in [-0.39, 0.29) is 17.8 Å². The van der Waals surface area contributed by atoms with Crippen LogP contribution in [0.4, 0.5) is 0 Å². The minimum atomic E-state index is -3.02. The van der Waals surface area contributed by atoms with E-state index in [9.17, 15) is 13.5 Å². The SMILES string of the molecule is O=S1(=O)CCCCN1CC1CCCCC1O. The number of nitrogens with zero attached hydrogens (tertiary/aromatic N) is 1. The highest BCUT2D eigenvalue weighted by Crippen LogP contribution is 2.27. The Morgan fingerprint density at radius 2 is 1.88 bits per heavy atom. The first-order valence-corrected chi connectivity index (χ1v) is 7.86. The van der Waals surface area contributed by atoms with Crippen molar-refractivity contribution in [2.24, 2.45) is 5.92 Å². The Morgan fingerprint density at radius 1 is 1.12 bits per heavy atom. The molecule has 2 fully saturated rings. The van der Waals surface area contributed by atoms with Crippen molar-refractivity contribution in [3.05, 3.63) is 0 Å². The van der Waals surface area contributed by atoms with Gasteiger partial charge in [0.1, 0.15) is 0 Å². The normalized spacial score (nSPS) is 36.1. The van der Waals surface area contributed by atoms with Gasteiger partial charge in [-0.2, -0.15) is 0 Å². The molecule has 0 aromatic rings. The summed E-state index contributed by atoms with van der Waals surface area (Å²) in [7, 11) is -3.02. The molecule has 0 bridgehead atoms. The molecule has 1 heterocycles. The van der Waals surface area contributed by atoms with Gasteiger partial charge in [-0.1, -0.05) is 12.8 Å². The fourth-order valence-electron chi connectivity index (χ4n) is 2.71. The molecule has 0 radical (unpaired) electrons. The second kappa shape index (κ2) is 5.02. The van der Waals surface area contributed by atoms with Gasteiger partial charge in [0.25, 0.3) is 0 Å². The molecular weight excluding hydrogens is 226 g/mol. The van der Waals surface area contributed by atoms with E-state index in [1.54, 1.807) is 4.31 Å². The maximum atomic E-state index is 11.8. The summed E-state index contributed by atoms with van der Waals surface area (Å²) < 4.78 is 25.2. The summed E-state index contributed by atoms with van der Waals surface area (Å²) in [6.07, 6.45) is 5.44. The van der Waals surface area contributed by atoms with Gasteiger partial charge in [0, 0.05) is 13.1 Å². The summed E-state index contributed by atoms with van der Waals surface area (Å²) in [5.41, 5.74) is 0. The minimum Gasteiger partial charge on any atom is -0.393 e. The van der Waals surface area contributed by atoms with Crippen LogP contribution in [-0.2, 0) is 10.0 Å². The Labute approximate surface area is 97.7 Å². The lowest BCUT2D eigenvalue weighted by molar-refractivity contribution is 0.0590. The van der Waals surface area contributed by atoms with E-state index in [0.717, 1.165) is 38.5 Å². The molecule has 0 aromatic heterocycles. The topological polar surface area (TPSA) is 57.6 Å². The Hall–Kier alpha value is -0.130. The molecule has 0 spiro atoms. The second-order valence-electron chi connectivity index (χ2n) is 4.99. The van der Waals surface area contributed by atoms with Gasteiger partial charge in [-0.15, -0.1) is 0 Å². The molecule has 0 aromatic carbocycles. The predicted molar refractivity (Wildman–Crippen MR) is 62.6 cm³/mol. The van der Waals surface area contributed by atoms with Gasteiger partial charge < -0.3 is 5.11 Å². The van der Waals surface area contributed by atoms with Crippen molar-refractivity contribution < 1.29 is 13.5 Å². The average molecular weight is 247 g/mol. The lowest BCUT2D eigenvalue weighted by Gasteiger charge is -2.34. The van der Waals surface area contributed by atoms with Crippen molar-refractivity contribution in [2.75, 3.05) is 18.8 Å². The molecule has 16 heavy (non-hydrogen) atoms. The van der Waals surface area contributed by atoms with Gasteiger partial charge in [0.05, 0.1) is 11.9 Å². The number of hydrogen-bond acceptors (Lipinski definition) is 3. The third-order valence-electron chi connectivity index (χ3n) is 3.76. The molecule has 5 heteroatoms. The molecule has 1 N–H and O–H groups in total. The molecule has 2 rings (SSSR count). The highest BCUT2D eigenvalue weighted by atomic mass is 32.2. The molecule has 2 atom stereocenters. The molecule has 1 saturated heterocycles. The number of aliphatic hydroxyl groups excluding tert-OH is 1. The minimum absolute atomic E-state index is 0.154. The zero-order valence-electron chi connectivity index (χ0n) is 9.64. The largest absolute Gasteiger partial charge is 0.393 e. The van der Waals surface area contributed by atoms with Crippen molar-refractivity contribution >= 4 is 10.0 Å². The summed E-state index contributed by atoms with van der Waals surface area (Å²) in [6.45, 7) is 1.18. The van der Waals surface area contributed by atoms with Crippen LogP contribution in [0.2, 0.25) is 0 Å². The third-order valence-corrected chi connectivity index (χ3v) is 5.68. The highest BCUT2D eigenvalue weighted by Gasteiger charge is 2.31. The van der Waals surface area contributed by atoms with Crippen molar-refractivity contribution in [3.8, 4) is 0 Å². The van der Waals surface area contributed by atoms with Crippen LogP contribution in [0.5, 0.6) is 0 Å². The van der Waals surface area contributed by atoms with E-state index in [0.29, 0.717) is 13.1 Å². The molecule has 1 saturated carbocycles. The third kappa shape index (κ3) is 2.76. The highest BCUT2D eigenvalue weighted by molar-refractivity contribution is 7.89. The summed E-state index contributed by atoms with van der Waals surface area (Å²) in [5.74, 6) is 0.442. The van der Waals surface area contributed by atoms with Crippen LogP contribution in [0.25, 0.3) is 0 Å². The Morgan fingerprint density at radius 3 is 2.56 bits per heavy atom. The molecule has 2 aliphatic rings. The van der Waals surface area contributed by atoms with Gasteiger partial charge in [-0.25, -0.2) is 12.7 Å². The first-order valence-electron chi connectivity index (χ1n) is 6.25. The molecular formula is C11H21NO3S. The van der Waals surface area contributed by atoms with Crippen LogP contribution < -0.4 is 0 Å². The van der Waals surface area contributed by atoms with Gasteiger partial charge in [-0.3, -0.25) is 0 Å². The maximum Gasteiger partial charge on any atom is 0.214 e. The zero-order chi connectivity index (χ0) is 11.6. The van der Waals surface area contributed by atoms with E-state index in [1.165, 1.54) is 0 Å². The maximum absolute atomic E-state index is 11.8. The quantitative estimate of drug-likeness (QED) is 0.791. The van der Waals surface area contributed by atoms with Crippen LogP contribution in [0, 0.1) is 5.92 Å². The Kier molecular flexibility index (Phi) is 3.87. The number of aliphatic hydroxyl groups is 1. The lowest BCUT2D eigenvalue weighted by atomic mass is 9.86. The van der Waals surface area contributed by atoms with Gasteiger partial charge in [-0.05, 0) is 31.6 Å². The first-order chi connectivity index (χ1) is 7.59. The standard InChI is InChI=1S/C11H21NO3S/c13-11-6-2-1-5-10(11)9-12-7-3-4-8-16(12,14)15/h10-11,13H,1-9H2. The smallest absolute Gasteiger partial charge is 0.214 e. The van der Waals surface area contributed by atoms with E-state index in [4.69, 9.17) is 0 Å².